The number of oxime groups is 1. The van der Waals surface area contributed by atoms with Crippen LogP contribution in [-0.2, 0) is 9.63 Å². The number of ether oxygens (including phenoxy) is 1. The van der Waals surface area contributed by atoms with E-state index in [0.29, 0.717) is 5.71 Å². The van der Waals surface area contributed by atoms with Crippen LogP contribution in [0.1, 0.15) is 17.5 Å². The number of methoxy groups -OCH3 is 1. The van der Waals surface area contributed by atoms with Gasteiger partial charge in [-0.25, -0.2) is 4.79 Å². The Morgan fingerprint density at radius 2 is 2.37 bits per heavy atom. The van der Waals surface area contributed by atoms with E-state index < -0.39 is 11.6 Å². The third kappa shape index (κ3) is 2.26. The zero-order valence-electron chi connectivity index (χ0n) is 10.8. The van der Waals surface area contributed by atoms with Crippen LogP contribution in [0.25, 0.3) is 0 Å². The van der Waals surface area contributed by atoms with Gasteiger partial charge in [0.2, 0.25) is 0 Å². The van der Waals surface area contributed by atoms with E-state index in [1.807, 2.05) is 19.1 Å². The minimum absolute atomic E-state index is 0.121. The predicted molar refractivity (Wildman–Crippen MR) is 69.4 cm³/mol. The first-order valence-electron chi connectivity index (χ1n) is 5.86. The third-order valence-corrected chi connectivity index (χ3v) is 3.25. The lowest BCUT2D eigenvalue weighted by Gasteiger charge is -2.18. The number of carboxylic acids is 1. The van der Waals surface area contributed by atoms with Crippen LogP contribution >= 0.6 is 0 Å². The number of nitrogens with zero attached hydrogens (tertiary/aromatic N) is 1. The summed E-state index contributed by atoms with van der Waals surface area (Å²) in [5, 5.41) is 13.1. The van der Waals surface area contributed by atoms with Crippen molar-refractivity contribution in [2.75, 3.05) is 13.7 Å². The van der Waals surface area contributed by atoms with Gasteiger partial charge in [-0.05, 0) is 30.7 Å². The lowest BCUT2D eigenvalue weighted by molar-refractivity contribution is -0.161. The van der Waals surface area contributed by atoms with Gasteiger partial charge >= 0.3 is 5.97 Å². The first-order chi connectivity index (χ1) is 9.02. The number of aliphatic carboxylic acids is 1. The number of aryl methyl sites for hydroxylation is 1. The average molecular weight is 264 g/mol. The molecule has 1 aliphatic rings. The van der Waals surface area contributed by atoms with Gasteiger partial charge in [0.1, 0.15) is 5.75 Å². The molecule has 2 rings (SSSR count). The Morgan fingerprint density at radius 3 is 2.84 bits per heavy atom. The van der Waals surface area contributed by atoms with Crippen molar-refractivity contribution in [2.45, 2.75) is 18.9 Å². The molecule has 0 aliphatic carbocycles. The number of hydrogen-bond donors (Lipinski definition) is 2. The van der Waals surface area contributed by atoms with Crippen LogP contribution in [0.5, 0.6) is 5.75 Å². The Hall–Kier alpha value is -2.08. The lowest BCUT2D eigenvalue weighted by Crippen LogP contribution is -2.46. The maximum atomic E-state index is 11.2. The van der Waals surface area contributed by atoms with Crippen LogP contribution in [-0.4, -0.2) is 36.0 Å². The second-order valence-electron chi connectivity index (χ2n) is 4.49. The molecule has 1 aromatic carbocycles. The quantitative estimate of drug-likeness (QED) is 0.843. The van der Waals surface area contributed by atoms with Crippen molar-refractivity contribution < 1.29 is 19.5 Å². The highest BCUT2D eigenvalue weighted by Crippen LogP contribution is 2.28. The fourth-order valence-corrected chi connectivity index (χ4v) is 2.02. The Bertz CT molecular complexity index is 541. The minimum atomic E-state index is -1.44. The number of carbonyl (C=O) groups is 1. The van der Waals surface area contributed by atoms with Crippen molar-refractivity contribution in [2.24, 2.45) is 10.9 Å². The summed E-state index contributed by atoms with van der Waals surface area (Å²) in [5.41, 5.74) is 6.43. The van der Waals surface area contributed by atoms with Gasteiger partial charge in [0, 0.05) is 18.5 Å². The summed E-state index contributed by atoms with van der Waals surface area (Å²) in [4.78, 5) is 16.3. The van der Waals surface area contributed by atoms with Gasteiger partial charge in [-0.15, -0.1) is 0 Å². The van der Waals surface area contributed by atoms with E-state index in [-0.39, 0.29) is 13.0 Å². The van der Waals surface area contributed by atoms with Gasteiger partial charge in [-0.2, -0.15) is 0 Å². The van der Waals surface area contributed by atoms with Crippen LogP contribution in [0, 0.1) is 6.92 Å². The van der Waals surface area contributed by atoms with E-state index >= 15 is 0 Å². The van der Waals surface area contributed by atoms with Crippen LogP contribution in [0.2, 0.25) is 0 Å². The van der Waals surface area contributed by atoms with Gasteiger partial charge < -0.3 is 20.4 Å². The Labute approximate surface area is 110 Å². The van der Waals surface area contributed by atoms with Gasteiger partial charge in [0.15, 0.2) is 0 Å². The molecular formula is C13H16N2O4. The van der Waals surface area contributed by atoms with Crippen molar-refractivity contribution in [1.29, 1.82) is 0 Å². The van der Waals surface area contributed by atoms with E-state index in [1.165, 1.54) is 0 Å². The van der Waals surface area contributed by atoms with E-state index in [4.69, 9.17) is 15.3 Å². The zero-order valence-corrected chi connectivity index (χ0v) is 10.8. The highest BCUT2D eigenvalue weighted by molar-refractivity contribution is 6.05. The topological polar surface area (TPSA) is 94.1 Å². The number of nitrogens with two attached hydrogens (primary N) is 1. The van der Waals surface area contributed by atoms with Crippen molar-refractivity contribution >= 4 is 11.7 Å². The number of carboxylic acid groups (broad SMARTS) is 1. The van der Waals surface area contributed by atoms with Crippen LogP contribution < -0.4 is 10.5 Å². The maximum absolute atomic E-state index is 11.2. The molecule has 1 unspecified atom stereocenters. The molecule has 1 aromatic rings. The second-order valence-corrected chi connectivity index (χ2v) is 4.49. The summed E-state index contributed by atoms with van der Waals surface area (Å²) in [6.45, 7) is 1.79. The fraction of sp³-hybridized carbons (Fsp3) is 0.385. The molecule has 0 saturated carbocycles. The SMILES string of the molecule is COc1ccc(C2=NOC(CN)(C(=O)O)C2)c(C)c1. The lowest BCUT2D eigenvalue weighted by atomic mass is 9.92. The summed E-state index contributed by atoms with van der Waals surface area (Å²) < 4.78 is 5.13. The van der Waals surface area contributed by atoms with Gasteiger partial charge in [-0.1, -0.05) is 5.16 Å². The minimum Gasteiger partial charge on any atom is -0.497 e. The third-order valence-electron chi connectivity index (χ3n) is 3.25. The molecule has 102 valence electrons. The van der Waals surface area contributed by atoms with Crippen molar-refractivity contribution in [1.82, 2.24) is 0 Å². The molecule has 0 spiro atoms. The smallest absolute Gasteiger partial charge is 0.352 e. The van der Waals surface area contributed by atoms with E-state index in [0.717, 1.165) is 16.9 Å². The molecule has 1 heterocycles. The molecule has 1 aliphatic heterocycles. The summed E-state index contributed by atoms with van der Waals surface area (Å²) >= 11 is 0. The summed E-state index contributed by atoms with van der Waals surface area (Å²) in [6.07, 6.45) is 0.159. The molecule has 0 amide bonds. The fourth-order valence-electron chi connectivity index (χ4n) is 2.02. The zero-order chi connectivity index (χ0) is 14.0. The molecular weight excluding hydrogens is 248 g/mol. The maximum Gasteiger partial charge on any atom is 0.352 e. The predicted octanol–water partition coefficient (Wildman–Crippen LogP) is 0.910. The van der Waals surface area contributed by atoms with E-state index in [9.17, 15) is 9.90 Å². The van der Waals surface area contributed by atoms with E-state index in [2.05, 4.69) is 5.16 Å². The summed E-state index contributed by atoms with van der Waals surface area (Å²) in [5.74, 6) is -0.357. The normalized spacial score (nSPS) is 21.7. The molecule has 0 fully saturated rings. The molecule has 6 heteroatoms. The molecule has 3 N–H and O–H groups in total. The molecule has 0 aromatic heterocycles. The average Bonchev–Trinajstić information content (AvgIpc) is 2.84. The standard InChI is InChI=1S/C13H16N2O4/c1-8-5-9(18-2)3-4-10(8)11-6-13(7-14,12(16)17)19-15-11/h3-5H,6-7,14H2,1-2H3,(H,16,17). The van der Waals surface area contributed by atoms with Crippen LogP contribution in [0.3, 0.4) is 0 Å². The number of hydrogen-bond acceptors (Lipinski definition) is 5. The highest BCUT2D eigenvalue weighted by Gasteiger charge is 2.46. The van der Waals surface area contributed by atoms with Crippen LogP contribution in [0.4, 0.5) is 0 Å². The van der Waals surface area contributed by atoms with Crippen molar-refractivity contribution in [3.8, 4) is 5.75 Å². The van der Waals surface area contributed by atoms with Gasteiger partial charge in [-0.3, -0.25) is 0 Å². The van der Waals surface area contributed by atoms with Gasteiger partial charge in [0.05, 0.1) is 12.8 Å². The molecule has 19 heavy (non-hydrogen) atoms. The van der Waals surface area contributed by atoms with Gasteiger partial charge in [0.25, 0.3) is 5.60 Å². The molecule has 0 saturated heterocycles. The number of benzene rings is 1. The Kier molecular flexibility index (Phi) is 3.44. The Morgan fingerprint density at radius 1 is 1.63 bits per heavy atom. The first kappa shape index (κ1) is 13.4. The molecule has 6 nitrogen and oxygen atoms in total. The van der Waals surface area contributed by atoms with Crippen LogP contribution in [0.15, 0.2) is 23.4 Å². The largest absolute Gasteiger partial charge is 0.497 e. The molecule has 1 atom stereocenters. The monoisotopic (exact) mass is 264 g/mol. The second kappa shape index (κ2) is 4.89. The first-order valence-corrected chi connectivity index (χ1v) is 5.86. The number of rotatable bonds is 4. The molecule has 0 radical (unpaired) electrons. The molecule has 0 bridgehead atoms. The summed E-state index contributed by atoms with van der Waals surface area (Å²) in [7, 11) is 1.59. The van der Waals surface area contributed by atoms with E-state index in [1.54, 1.807) is 13.2 Å². The Balaban J connectivity index is 2.28. The summed E-state index contributed by atoms with van der Waals surface area (Å²) in [6, 6.07) is 5.50. The highest BCUT2D eigenvalue weighted by atomic mass is 16.7. The van der Waals surface area contributed by atoms with Crippen molar-refractivity contribution in [3.63, 3.8) is 0 Å². The van der Waals surface area contributed by atoms with Crippen molar-refractivity contribution in [3.05, 3.63) is 29.3 Å².